The van der Waals surface area contributed by atoms with Crippen LogP contribution in [0.15, 0.2) is 36.7 Å². The van der Waals surface area contributed by atoms with Gasteiger partial charge in [-0.25, -0.2) is 18.9 Å². The summed E-state index contributed by atoms with van der Waals surface area (Å²) < 4.78 is 15.2. The summed E-state index contributed by atoms with van der Waals surface area (Å²) in [6.07, 6.45) is 1.64. The number of nitrogens with zero attached hydrogens (tertiary/aromatic N) is 3. The lowest BCUT2D eigenvalue weighted by molar-refractivity contribution is 0.209. The van der Waals surface area contributed by atoms with Crippen molar-refractivity contribution in [2.45, 2.75) is 0 Å². The number of hydrogen-bond donors (Lipinski definition) is 2. The Labute approximate surface area is 122 Å². The number of para-hydroxylation sites is 1. The SMILES string of the molecule is O=C(O)Nc1nccc2nn(-c3c(F)cccc3Cl)cc12. The molecule has 0 aliphatic rings. The number of nitrogens with one attached hydrogen (secondary N) is 1. The van der Waals surface area contributed by atoms with Gasteiger partial charge in [0.15, 0.2) is 0 Å². The molecule has 1 amide bonds. The normalized spacial score (nSPS) is 10.8. The molecular weight excluding hydrogens is 299 g/mol. The predicted octanol–water partition coefficient (Wildman–Crippen LogP) is 3.30. The van der Waals surface area contributed by atoms with E-state index in [-0.39, 0.29) is 16.5 Å². The molecule has 0 unspecified atom stereocenters. The third-order valence-electron chi connectivity index (χ3n) is 2.83. The van der Waals surface area contributed by atoms with Gasteiger partial charge in [-0.15, -0.1) is 0 Å². The highest BCUT2D eigenvalue weighted by Gasteiger charge is 2.14. The van der Waals surface area contributed by atoms with Gasteiger partial charge in [-0.1, -0.05) is 17.7 Å². The van der Waals surface area contributed by atoms with Crippen LogP contribution < -0.4 is 5.32 Å². The van der Waals surface area contributed by atoms with Gasteiger partial charge in [-0.05, 0) is 18.2 Å². The van der Waals surface area contributed by atoms with E-state index >= 15 is 0 Å². The van der Waals surface area contributed by atoms with Crippen LogP contribution >= 0.6 is 11.6 Å². The molecule has 2 aromatic heterocycles. The maximum atomic E-state index is 13.9. The molecule has 0 aliphatic carbocycles. The van der Waals surface area contributed by atoms with Crippen molar-refractivity contribution in [3.8, 4) is 5.69 Å². The second-order valence-corrected chi connectivity index (χ2v) is 4.57. The molecule has 2 N–H and O–H groups in total. The molecular formula is C13H8ClFN4O2. The number of benzene rings is 1. The minimum absolute atomic E-state index is 0.0941. The van der Waals surface area contributed by atoms with Crippen LogP contribution in [0.2, 0.25) is 5.02 Å². The van der Waals surface area contributed by atoms with Gasteiger partial charge < -0.3 is 5.11 Å². The number of hydrogen-bond acceptors (Lipinski definition) is 3. The van der Waals surface area contributed by atoms with E-state index in [2.05, 4.69) is 15.4 Å². The van der Waals surface area contributed by atoms with Crippen molar-refractivity contribution in [3.05, 3.63) is 47.5 Å². The van der Waals surface area contributed by atoms with E-state index in [1.807, 2.05) is 0 Å². The summed E-state index contributed by atoms with van der Waals surface area (Å²) >= 11 is 5.99. The summed E-state index contributed by atoms with van der Waals surface area (Å²) in [7, 11) is 0. The highest BCUT2D eigenvalue weighted by atomic mass is 35.5. The summed E-state index contributed by atoms with van der Waals surface area (Å²) in [5.41, 5.74) is 0.560. The summed E-state index contributed by atoms with van der Waals surface area (Å²) in [5.74, 6) is -0.408. The van der Waals surface area contributed by atoms with Crippen LogP contribution in [-0.2, 0) is 0 Å². The van der Waals surface area contributed by atoms with Crippen LogP contribution in [0, 0.1) is 5.82 Å². The summed E-state index contributed by atoms with van der Waals surface area (Å²) in [5, 5.41) is 15.8. The van der Waals surface area contributed by atoms with Crippen LogP contribution in [0.4, 0.5) is 15.0 Å². The summed E-state index contributed by atoms with van der Waals surface area (Å²) in [4.78, 5) is 14.7. The molecule has 0 saturated carbocycles. The number of fused-ring (bicyclic) bond motifs is 1. The molecule has 8 heteroatoms. The number of halogens is 2. The summed E-state index contributed by atoms with van der Waals surface area (Å²) in [6.45, 7) is 0. The lowest BCUT2D eigenvalue weighted by atomic mass is 10.3. The van der Waals surface area contributed by atoms with Gasteiger partial charge in [0.1, 0.15) is 17.3 Å². The fraction of sp³-hybridized carbons (Fsp3) is 0. The number of carboxylic acid groups (broad SMARTS) is 1. The third-order valence-corrected chi connectivity index (χ3v) is 3.13. The van der Waals surface area contributed by atoms with E-state index in [0.29, 0.717) is 10.9 Å². The van der Waals surface area contributed by atoms with E-state index in [9.17, 15) is 9.18 Å². The van der Waals surface area contributed by atoms with Crippen molar-refractivity contribution in [2.75, 3.05) is 5.32 Å². The smallest absolute Gasteiger partial charge is 0.410 e. The topological polar surface area (TPSA) is 80.0 Å². The lowest BCUT2D eigenvalue weighted by Gasteiger charge is -2.04. The monoisotopic (exact) mass is 306 g/mol. The fourth-order valence-corrected chi connectivity index (χ4v) is 2.22. The predicted molar refractivity (Wildman–Crippen MR) is 75.5 cm³/mol. The number of pyridine rings is 1. The minimum Gasteiger partial charge on any atom is -0.465 e. The van der Waals surface area contributed by atoms with Crippen molar-refractivity contribution in [2.24, 2.45) is 0 Å². The van der Waals surface area contributed by atoms with Gasteiger partial charge in [0.2, 0.25) is 0 Å². The quantitative estimate of drug-likeness (QED) is 0.761. The van der Waals surface area contributed by atoms with Crippen molar-refractivity contribution in [1.82, 2.24) is 14.8 Å². The Hall–Kier alpha value is -2.67. The van der Waals surface area contributed by atoms with Crippen LogP contribution in [0.5, 0.6) is 0 Å². The van der Waals surface area contributed by atoms with Crippen molar-refractivity contribution < 1.29 is 14.3 Å². The van der Waals surface area contributed by atoms with Crippen molar-refractivity contribution >= 4 is 34.4 Å². The molecule has 3 rings (SSSR count). The second kappa shape index (κ2) is 5.02. The molecule has 3 aromatic rings. The maximum absolute atomic E-state index is 13.9. The van der Waals surface area contributed by atoms with Gasteiger partial charge in [-0.3, -0.25) is 5.32 Å². The first-order valence-corrected chi connectivity index (χ1v) is 6.23. The molecule has 0 radical (unpaired) electrons. The Balaban J connectivity index is 2.20. The molecule has 0 spiro atoms. The van der Waals surface area contributed by atoms with E-state index < -0.39 is 11.9 Å². The largest absolute Gasteiger partial charge is 0.465 e. The number of aromatic nitrogens is 3. The highest BCUT2D eigenvalue weighted by molar-refractivity contribution is 6.32. The number of carbonyl (C=O) groups is 1. The Morgan fingerprint density at radius 3 is 2.90 bits per heavy atom. The van der Waals surface area contributed by atoms with Crippen LogP contribution in [0.1, 0.15) is 0 Å². The molecule has 106 valence electrons. The standard InChI is InChI=1S/C13H8ClFN4O2/c14-8-2-1-3-9(15)11(8)19-6-7-10(18-19)4-5-16-12(7)17-13(20)21/h1-6H,(H,16,17)(H,20,21). The Morgan fingerprint density at radius 1 is 1.38 bits per heavy atom. The Bertz CT molecular complexity index is 829. The van der Waals surface area contributed by atoms with Gasteiger partial charge in [0.25, 0.3) is 0 Å². The molecule has 0 bridgehead atoms. The molecule has 0 aliphatic heterocycles. The average molecular weight is 307 g/mol. The molecule has 1 aromatic carbocycles. The molecule has 0 fully saturated rings. The molecule has 0 saturated heterocycles. The fourth-order valence-electron chi connectivity index (χ4n) is 1.97. The summed E-state index contributed by atoms with van der Waals surface area (Å²) in [6, 6.07) is 5.89. The Morgan fingerprint density at radius 2 is 2.19 bits per heavy atom. The van der Waals surface area contributed by atoms with Gasteiger partial charge >= 0.3 is 6.09 Å². The minimum atomic E-state index is -1.24. The molecule has 6 nitrogen and oxygen atoms in total. The van der Waals surface area contributed by atoms with E-state index in [4.69, 9.17) is 16.7 Å². The van der Waals surface area contributed by atoms with Crippen molar-refractivity contribution in [3.63, 3.8) is 0 Å². The third kappa shape index (κ3) is 2.38. The first kappa shape index (κ1) is 13.3. The van der Waals surface area contributed by atoms with Gasteiger partial charge in [0.05, 0.1) is 15.9 Å². The lowest BCUT2D eigenvalue weighted by Crippen LogP contribution is -2.08. The number of amides is 1. The van der Waals surface area contributed by atoms with Crippen LogP contribution in [0.25, 0.3) is 16.6 Å². The zero-order chi connectivity index (χ0) is 15.0. The average Bonchev–Trinajstić information content (AvgIpc) is 2.82. The van der Waals surface area contributed by atoms with Gasteiger partial charge in [0, 0.05) is 12.4 Å². The van der Waals surface area contributed by atoms with E-state index in [1.165, 1.54) is 29.2 Å². The van der Waals surface area contributed by atoms with Crippen LogP contribution in [0.3, 0.4) is 0 Å². The molecule has 0 atom stereocenters. The van der Waals surface area contributed by atoms with E-state index in [1.54, 1.807) is 12.1 Å². The highest BCUT2D eigenvalue weighted by Crippen LogP contribution is 2.26. The molecule has 21 heavy (non-hydrogen) atoms. The molecule has 2 heterocycles. The number of anilines is 1. The van der Waals surface area contributed by atoms with Crippen LogP contribution in [-0.4, -0.2) is 26.0 Å². The van der Waals surface area contributed by atoms with Gasteiger partial charge in [-0.2, -0.15) is 5.10 Å². The first-order valence-electron chi connectivity index (χ1n) is 5.85. The zero-order valence-corrected chi connectivity index (χ0v) is 11.2. The second-order valence-electron chi connectivity index (χ2n) is 4.17. The van der Waals surface area contributed by atoms with Crippen molar-refractivity contribution in [1.29, 1.82) is 0 Å². The first-order chi connectivity index (χ1) is 10.1. The zero-order valence-electron chi connectivity index (χ0n) is 10.4. The number of rotatable bonds is 2. The maximum Gasteiger partial charge on any atom is 0.410 e. The van der Waals surface area contributed by atoms with E-state index in [0.717, 1.165) is 0 Å². The Kier molecular flexibility index (Phi) is 3.19.